The lowest BCUT2D eigenvalue weighted by Crippen LogP contribution is -2.06. The molecule has 0 fully saturated rings. The molecule has 2 aromatic rings. The largest absolute Gasteiger partial charge is 0.341 e. The van der Waals surface area contributed by atoms with Crippen molar-refractivity contribution in [2.75, 3.05) is 0 Å². The third-order valence-corrected chi connectivity index (χ3v) is 4.68. The van der Waals surface area contributed by atoms with Crippen LogP contribution in [0, 0.1) is 6.92 Å². The van der Waals surface area contributed by atoms with Crippen molar-refractivity contribution in [1.82, 2.24) is 0 Å². The van der Waals surface area contributed by atoms with Crippen LogP contribution in [0.15, 0.2) is 54.6 Å². The van der Waals surface area contributed by atoms with E-state index in [4.69, 9.17) is 0 Å². The Morgan fingerprint density at radius 2 is 1.59 bits per heavy atom. The summed E-state index contributed by atoms with van der Waals surface area (Å²) in [6.07, 6.45) is 0.198. The van der Waals surface area contributed by atoms with Crippen molar-refractivity contribution >= 4 is 12.7 Å². The van der Waals surface area contributed by atoms with Crippen LogP contribution < -0.4 is 5.30 Å². The fourth-order valence-corrected chi connectivity index (χ4v) is 3.41. The fourth-order valence-electron chi connectivity index (χ4n) is 1.77. The van der Waals surface area contributed by atoms with Gasteiger partial charge in [-0.15, -0.1) is 0 Å². The lowest BCUT2D eigenvalue weighted by molar-refractivity contribution is 0.488. The van der Waals surface area contributed by atoms with E-state index in [9.17, 15) is 9.46 Å². The zero-order valence-corrected chi connectivity index (χ0v) is 10.6. The third kappa shape index (κ3) is 2.85. The minimum absolute atomic E-state index is 0.198. The molecule has 0 spiro atoms. The van der Waals surface area contributed by atoms with Crippen molar-refractivity contribution in [3.8, 4) is 0 Å². The molecule has 88 valence electrons. The minimum atomic E-state index is -3.29. The zero-order chi connectivity index (χ0) is 12.3. The second-order valence-corrected chi connectivity index (χ2v) is 6.36. The van der Waals surface area contributed by atoms with Crippen LogP contribution in [0.2, 0.25) is 0 Å². The average Bonchev–Trinajstić information content (AvgIpc) is 2.33. The van der Waals surface area contributed by atoms with Gasteiger partial charge in [0, 0.05) is 5.30 Å². The Morgan fingerprint density at radius 1 is 1.00 bits per heavy atom. The van der Waals surface area contributed by atoms with Crippen LogP contribution >= 0.6 is 7.37 Å². The minimum Gasteiger partial charge on any atom is -0.341 e. The second-order valence-electron chi connectivity index (χ2n) is 4.12. The highest BCUT2D eigenvalue weighted by molar-refractivity contribution is 7.65. The highest BCUT2D eigenvalue weighted by Crippen LogP contribution is 2.43. The van der Waals surface area contributed by atoms with Gasteiger partial charge < -0.3 is 4.89 Å². The predicted molar refractivity (Wildman–Crippen MR) is 70.8 cm³/mol. The van der Waals surface area contributed by atoms with Gasteiger partial charge in [-0.05, 0) is 30.2 Å². The molecule has 0 amide bonds. The molecule has 3 heteroatoms. The average molecular weight is 246 g/mol. The zero-order valence-electron chi connectivity index (χ0n) is 9.71. The molecule has 2 nitrogen and oxygen atoms in total. The quantitative estimate of drug-likeness (QED) is 0.845. The summed E-state index contributed by atoms with van der Waals surface area (Å²) in [5, 5.41) is 0.517. The van der Waals surface area contributed by atoms with Crippen LogP contribution in [0.5, 0.6) is 0 Å². The first-order valence-electron chi connectivity index (χ1n) is 5.51. The molecule has 2 rings (SSSR count). The number of rotatable bonds is 3. The molecule has 1 N–H and O–H groups in total. The summed E-state index contributed by atoms with van der Waals surface area (Å²) >= 11 is 0. The van der Waals surface area contributed by atoms with Gasteiger partial charge in [-0.25, -0.2) is 0 Å². The van der Waals surface area contributed by atoms with Crippen LogP contribution in [-0.2, 0) is 10.7 Å². The number of benzene rings is 2. The highest BCUT2D eigenvalue weighted by Gasteiger charge is 2.21. The van der Waals surface area contributed by atoms with E-state index in [1.54, 1.807) is 24.3 Å². The number of aryl methyl sites for hydroxylation is 1. The van der Waals surface area contributed by atoms with E-state index in [0.29, 0.717) is 5.30 Å². The van der Waals surface area contributed by atoms with E-state index < -0.39 is 7.37 Å². The Hall–Kier alpha value is -1.37. The lowest BCUT2D eigenvalue weighted by Gasteiger charge is -2.13. The number of hydrogen-bond donors (Lipinski definition) is 1. The number of hydrogen-bond acceptors (Lipinski definition) is 1. The molecule has 0 bridgehead atoms. The maximum absolute atomic E-state index is 12.3. The van der Waals surface area contributed by atoms with Crippen LogP contribution in [0.25, 0.3) is 0 Å². The van der Waals surface area contributed by atoms with Crippen molar-refractivity contribution in [2.45, 2.75) is 13.1 Å². The Balaban J connectivity index is 2.30. The van der Waals surface area contributed by atoms with E-state index >= 15 is 0 Å². The van der Waals surface area contributed by atoms with Crippen molar-refractivity contribution in [1.29, 1.82) is 0 Å². The first-order valence-corrected chi connectivity index (χ1v) is 7.36. The van der Waals surface area contributed by atoms with Gasteiger partial charge in [-0.2, -0.15) is 0 Å². The maximum atomic E-state index is 12.3. The Kier molecular flexibility index (Phi) is 3.46. The molecular formula is C14H15O2P. The molecule has 2 aromatic carbocycles. The first kappa shape index (κ1) is 12.1. The van der Waals surface area contributed by atoms with Gasteiger partial charge in [0.05, 0.1) is 6.16 Å². The van der Waals surface area contributed by atoms with Gasteiger partial charge >= 0.3 is 0 Å². The van der Waals surface area contributed by atoms with Crippen molar-refractivity contribution in [2.24, 2.45) is 0 Å². The molecule has 0 radical (unpaired) electrons. The fraction of sp³-hybridized carbons (Fsp3) is 0.143. The van der Waals surface area contributed by atoms with E-state index in [-0.39, 0.29) is 6.16 Å². The SMILES string of the molecule is Cc1ccccc1CP(=O)(O)c1ccccc1. The lowest BCUT2D eigenvalue weighted by atomic mass is 10.1. The molecule has 17 heavy (non-hydrogen) atoms. The van der Waals surface area contributed by atoms with Crippen LogP contribution in [0.1, 0.15) is 11.1 Å². The summed E-state index contributed by atoms with van der Waals surface area (Å²) in [7, 11) is -3.29. The second kappa shape index (κ2) is 4.87. The van der Waals surface area contributed by atoms with Crippen LogP contribution in [0.4, 0.5) is 0 Å². The predicted octanol–water partition coefficient (Wildman–Crippen LogP) is 3.09. The summed E-state index contributed by atoms with van der Waals surface area (Å²) in [4.78, 5) is 10.1. The molecule has 0 aliphatic heterocycles. The first-order chi connectivity index (χ1) is 8.09. The Bertz CT molecular complexity index is 549. The van der Waals surface area contributed by atoms with E-state index in [0.717, 1.165) is 11.1 Å². The van der Waals surface area contributed by atoms with Gasteiger partial charge in [0.25, 0.3) is 0 Å². The normalized spacial score (nSPS) is 14.2. The van der Waals surface area contributed by atoms with E-state index in [1.165, 1.54) is 0 Å². The third-order valence-electron chi connectivity index (χ3n) is 2.81. The van der Waals surface area contributed by atoms with Crippen LogP contribution in [-0.4, -0.2) is 4.89 Å². The molecule has 0 heterocycles. The molecule has 0 saturated carbocycles. The summed E-state index contributed by atoms with van der Waals surface area (Å²) in [6, 6.07) is 16.5. The van der Waals surface area contributed by atoms with Crippen molar-refractivity contribution in [3.05, 3.63) is 65.7 Å². The van der Waals surface area contributed by atoms with Gasteiger partial charge in [-0.1, -0.05) is 42.5 Å². The molecular weight excluding hydrogens is 231 g/mol. The summed E-state index contributed by atoms with van der Waals surface area (Å²) in [6.45, 7) is 1.96. The summed E-state index contributed by atoms with van der Waals surface area (Å²) in [5.41, 5.74) is 1.99. The van der Waals surface area contributed by atoms with E-state index in [1.807, 2.05) is 37.3 Å². The molecule has 1 unspecified atom stereocenters. The topological polar surface area (TPSA) is 37.3 Å². The van der Waals surface area contributed by atoms with Crippen molar-refractivity contribution in [3.63, 3.8) is 0 Å². The maximum Gasteiger partial charge on any atom is 0.233 e. The summed E-state index contributed by atoms with van der Waals surface area (Å²) < 4.78 is 12.3. The van der Waals surface area contributed by atoms with Gasteiger partial charge in [0.15, 0.2) is 0 Å². The highest BCUT2D eigenvalue weighted by atomic mass is 31.2. The smallest absolute Gasteiger partial charge is 0.233 e. The molecule has 0 aromatic heterocycles. The van der Waals surface area contributed by atoms with Gasteiger partial charge in [0.1, 0.15) is 0 Å². The standard InChI is InChI=1S/C14H15O2P/c1-12-7-5-6-8-13(12)11-17(15,16)14-9-3-2-4-10-14/h2-10H,11H2,1H3,(H,15,16). The van der Waals surface area contributed by atoms with Gasteiger partial charge in [-0.3, -0.25) is 4.57 Å². The Morgan fingerprint density at radius 3 is 2.24 bits per heavy atom. The molecule has 1 atom stereocenters. The monoisotopic (exact) mass is 246 g/mol. The molecule has 0 saturated heterocycles. The molecule has 0 aliphatic rings. The van der Waals surface area contributed by atoms with Crippen molar-refractivity contribution < 1.29 is 9.46 Å². The van der Waals surface area contributed by atoms with Crippen LogP contribution in [0.3, 0.4) is 0 Å². The molecule has 0 aliphatic carbocycles. The summed E-state index contributed by atoms with van der Waals surface area (Å²) in [5.74, 6) is 0. The van der Waals surface area contributed by atoms with Gasteiger partial charge in [0.2, 0.25) is 7.37 Å². The van der Waals surface area contributed by atoms with E-state index in [2.05, 4.69) is 0 Å². The Labute approximate surface area is 101 Å².